The molecule has 308 valence electrons. The number of hydrogen-bond donors (Lipinski definition) is 5. The number of aliphatic imine (C=N–C) groups is 1. The summed E-state index contributed by atoms with van der Waals surface area (Å²) in [7, 11) is 0. The average Bonchev–Trinajstić information content (AvgIpc) is 3.10. The molecule has 16 heteroatoms. The van der Waals surface area contributed by atoms with E-state index in [1.54, 1.807) is 20.8 Å². The number of carboxylic acid groups (broad SMARTS) is 1. The number of rotatable bonds is 28. The van der Waals surface area contributed by atoms with E-state index in [-0.39, 0.29) is 49.4 Å². The van der Waals surface area contributed by atoms with Gasteiger partial charge in [0, 0.05) is 18.7 Å². The van der Waals surface area contributed by atoms with Crippen molar-refractivity contribution in [2.24, 2.45) is 4.99 Å². The molecule has 0 aliphatic carbocycles. The Balaban J connectivity index is 5.11. The zero-order valence-corrected chi connectivity index (χ0v) is 33.7. The van der Waals surface area contributed by atoms with E-state index >= 15 is 0 Å². The maximum absolute atomic E-state index is 13.3. The molecule has 0 radical (unpaired) electrons. The highest BCUT2D eigenvalue weighted by Gasteiger charge is 2.28. The minimum Gasteiger partial charge on any atom is -0.480 e. The summed E-state index contributed by atoms with van der Waals surface area (Å²) in [4.78, 5) is 78.6. The number of hydrogen-bond acceptors (Lipinski definition) is 11. The van der Waals surface area contributed by atoms with Gasteiger partial charge in [-0.05, 0) is 40.0 Å². The minimum absolute atomic E-state index is 0.0405. The molecule has 4 amide bonds. The Bertz CT molecular complexity index is 1160. The number of unbranched alkanes of at least 4 members (excludes halogenated alkanes) is 12. The fourth-order valence-corrected chi connectivity index (χ4v) is 5.70. The Hall–Kier alpha value is -4.08. The number of nitrogens with zero attached hydrogens (tertiary/aromatic N) is 1. The van der Waals surface area contributed by atoms with Gasteiger partial charge in [0.25, 0.3) is 0 Å². The lowest BCUT2D eigenvalue weighted by atomic mass is 10.0. The van der Waals surface area contributed by atoms with Crippen LogP contribution >= 0.6 is 11.8 Å². The fraction of sp³-hybridized carbons (Fsp3) is 0.711. The molecule has 0 rings (SSSR count). The molecule has 0 aromatic rings. The van der Waals surface area contributed by atoms with Crippen LogP contribution in [0.5, 0.6) is 0 Å². The molecule has 0 aromatic carbocycles. The Kier molecular flexibility index (Phi) is 28.9. The second-order valence-electron chi connectivity index (χ2n) is 13.7. The van der Waals surface area contributed by atoms with Gasteiger partial charge in [-0.2, -0.15) is 0 Å². The standard InChI is InChI=1S/C38H65N5O10S/c1-7-10-11-12-13-14-15-16-17-18-19-20-21-24-31(44)54-28-30(33(46)47)40-32(45)29(41-37(50)53-38(4,5)6)23-22-25-39-34(42-35(48)51-26-8-2)43-36(49)52-27-9-3/h8-9,29-30H,2-3,7,10-28H2,1,4-6H3,(H,40,45)(H,41,50)(H,46,47)(H2,39,42,43,48,49)/t29-,30-/m0/s1. The Morgan fingerprint density at radius 2 is 1.22 bits per heavy atom. The second kappa shape index (κ2) is 31.3. The van der Waals surface area contributed by atoms with Gasteiger partial charge < -0.3 is 30.0 Å². The maximum Gasteiger partial charge on any atom is 0.414 e. The summed E-state index contributed by atoms with van der Waals surface area (Å²) in [5.41, 5.74) is -0.879. The summed E-state index contributed by atoms with van der Waals surface area (Å²) in [6, 6.07) is -2.65. The molecular formula is C38H65N5O10S. The number of alkyl carbamates (subject to hydrolysis) is 3. The van der Waals surface area contributed by atoms with E-state index in [1.807, 2.05) is 0 Å². The van der Waals surface area contributed by atoms with Crippen LogP contribution in [-0.2, 0) is 28.6 Å². The van der Waals surface area contributed by atoms with Gasteiger partial charge in [-0.25, -0.2) is 19.2 Å². The Labute approximate surface area is 325 Å². The largest absolute Gasteiger partial charge is 0.480 e. The first-order chi connectivity index (χ1) is 25.7. The molecule has 5 N–H and O–H groups in total. The number of nitrogens with one attached hydrogen (secondary N) is 4. The van der Waals surface area contributed by atoms with E-state index in [9.17, 15) is 33.9 Å². The number of carbonyl (C=O) groups is 6. The average molecular weight is 784 g/mol. The lowest BCUT2D eigenvalue weighted by Gasteiger charge is -2.24. The van der Waals surface area contributed by atoms with Gasteiger partial charge in [0.1, 0.15) is 30.9 Å². The molecule has 0 bridgehead atoms. The first kappa shape index (κ1) is 49.9. The molecule has 0 spiro atoms. The van der Waals surface area contributed by atoms with Crippen molar-refractivity contribution < 1.29 is 48.1 Å². The summed E-state index contributed by atoms with van der Waals surface area (Å²) >= 11 is 0.852. The SMILES string of the molecule is C=CCOC(=O)NC(=NCCC[C@H](NC(=O)OC(C)(C)C)C(=O)N[C@@H](CSC(=O)CCCCCCCCCCCCCCC)C(=O)O)NC(=O)OCC=C. The highest BCUT2D eigenvalue weighted by Crippen LogP contribution is 2.16. The number of carboxylic acids is 1. The van der Waals surface area contributed by atoms with Crippen LogP contribution in [-0.4, -0.2) is 89.5 Å². The molecule has 2 atom stereocenters. The number of ether oxygens (including phenoxy) is 3. The Morgan fingerprint density at radius 1 is 0.722 bits per heavy atom. The van der Waals surface area contributed by atoms with Crippen LogP contribution in [0.15, 0.2) is 30.3 Å². The van der Waals surface area contributed by atoms with Crippen LogP contribution in [0.1, 0.15) is 130 Å². The van der Waals surface area contributed by atoms with E-state index < -0.39 is 47.8 Å². The van der Waals surface area contributed by atoms with Gasteiger partial charge in [0.05, 0.1) is 0 Å². The van der Waals surface area contributed by atoms with Gasteiger partial charge in [0.2, 0.25) is 11.9 Å². The molecule has 0 unspecified atom stereocenters. The van der Waals surface area contributed by atoms with Crippen LogP contribution in [0.3, 0.4) is 0 Å². The zero-order valence-electron chi connectivity index (χ0n) is 32.8. The summed E-state index contributed by atoms with van der Waals surface area (Å²) < 4.78 is 15.0. The highest BCUT2D eigenvalue weighted by atomic mass is 32.2. The van der Waals surface area contributed by atoms with Gasteiger partial charge in [0.15, 0.2) is 5.12 Å². The highest BCUT2D eigenvalue weighted by molar-refractivity contribution is 8.13. The fourth-order valence-electron chi connectivity index (χ4n) is 4.83. The maximum atomic E-state index is 13.3. The van der Waals surface area contributed by atoms with E-state index in [2.05, 4.69) is 46.3 Å². The van der Waals surface area contributed by atoms with E-state index in [1.165, 1.54) is 69.9 Å². The molecule has 0 fully saturated rings. The summed E-state index contributed by atoms with van der Waals surface area (Å²) in [6.07, 6.45) is 15.8. The van der Waals surface area contributed by atoms with Crippen molar-refractivity contribution in [3.05, 3.63) is 25.3 Å². The molecule has 0 aliphatic rings. The first-order valence-electron chi connectivity index (χ1n) is 19.0. The number of carbonyl (C=O) groups excluding carboxylic acids is 5. The van der Waals surface area contributed by atoms with Crippen molar-refractivity contribution in [3.63, 3.8) is 0 Å². The van der Waals surface area contributed by atoms with E-state index in [4.69, 9.17) is 14.2 Å². The van der Waals surface area contributed by atoms with Crippen molar-refractivity contribution in [2.75, 3.05) is 25.5 Å². The van der Waals surface area contributed by atoms with Crippen LogP contribution in [0.25, 0.3) is 0 Å². The molecule has 54 heavy (non-hydrogen) atoms. The molecule has 0 aliphatic heterocycles. The number of guanidine groups is 1. The lowest BCUT2D eigenvalue weighted by Crippen LogP contribution is -2.53. The van der Waals surface area contributed by atoms with E-state index in [0.29, 0.717) is 6.42 Å². The minimum atomic E-state index is -1.40. The zero-order chi connectivity index (χ0) is 40.6. The second-order valence-corrected chi connectivity index (χ2v) is 14.7. The van der Waals surface area contributed by atoms with Crippen molar-refractivity contribution in [1.82, 2.24) is 21.3 Å². The smallest absolute Gasteiger partial charge is 0.414 e. The third-order valence-corrected chi connectivity index (χ3v) is 8.57. The Morgan fingerprint density at radius 3 is 1.69 bits per heavy atom. The summed E-state index contributed by atoms with van der Waals surface area (Å²) in [5.74, 6) is -2.63. The predicted molar refractivity (Wildman–Crippen MR) is 211 cm³/mol. The van der Waals surface area contributed by atoms with Gasteiger partial charge in [-0.3, -0.25) is 25.2 Å². The summed E-state index contributed by atoms with van der Waals surface area (Å²) in [6.45, 7) is 13.8. The molecular weight excluding hydrogens is 719 g/mol. The van der Waals surface area contributed by atoms with Crippen molar-refractivity contribution >= 4 is 53.0 Å². The van der Waals surface area contributed by atoms with Crippen molar-refractivity contribution in [3.8, 4) is 0 Å². The first-order valence-corrected chi connectivity index (χ1v) is 20.0. The molecule has 0 saturated carbocycles. The number of thioether (sulfide) groups is 1. The van der Waals surface area contributed by atoms with Gasteiger partial charge >= 0.3 is 24.2 Å². The van der Waals surface area contributed by atoms with Crippen LogP contribution in [0.2, 0.25) is 0 Å². The number of aliphatic carboxylic acids is 1. The van der Waals surface area contributed by atoms with Crippen molar-refractivity contribution in [2.45, 2.75) is 148 Å². The van der Waals surface area contributed by atoms with Crippen LogP contribution in [0.4, 0.5) is 14.4 Å². The third kappa shape index (κ3) is 29.4. The molecule has 15 nitrogen and oxygen atoms in total. The quantitative estimate of drug-likeness (QED) is 0.0177. The lowest BCUT2D eigenvalue weighted by molar-refractivity contribution is -0.141. The number of amides is 4. The van der Waals surface area contributed by atoms with Crippen LogP contribution in [0, 0.1) is 0 Å². The molecule has 0 aromatic heterocycles. The van der Waals surface area contributed by atoms with Gasteiger partial charge in [-0.1, -0.05) is 121 Å². The van der Waals surface area contributed by atoms with Gasteiger partial charge in [-0.15, -0.1) is 0 Å². The third-order valence-electron chi connectivity index (χ3n) is 7.54. The normalized spacial score (nSPS) is 11.9. The van der Waals surface area contributed by atoms with E-state index in [0.717, 1.165) is 37.4 Å². The summed E-state index contributed by atoms with van der Waals surface area (Å²) in [5, 5.41) is 19.1. The topological polar surface area (TPSA) is 211 Å². The molecule has 0 heterocycles. The molecule has 0 saturated heterocycles. The van der Waals surface area contributed by atoms with Crippen molar-refractivity contribution in [1.29, 1.82) is 0 Å². The monoisotopic (exact) mass is 783 g/mol. The predicted octanol–water partition coefficient (Wildman–Crippen LogP) is 7.15. The van der Waals surface area contributed by atoms with Crippen LogP contribution < -0.4 is 21.3 Å².